The van der Waals surface area contributed by atoms with Gasteiger partial charge >= 0.3 is 0 Å². The van der Waals surface area contributed by atoms with Gasteiger partial charge in [-0.05, 0) is 18.2 Å². The number of carbonyl (C=O) groups excluding carboxylic acids is 1. The van der Waals surface area contributed by atoms with Crippen molar-refractivity contribution in [3.8, 4) is 5.75 Å². The van der Waals surface area contributed by atoms with Gasteiger partial charge in [-0.3, -0.25) is 4.79 Å². The van der Waals surface area contributed by atoms with Crippen molar-refractivity contribution in [3.05, 3.63) is 64.7 Å². The van der Waals surface area contributed by atoms with Crippen LogP contribution in [-0.4, -0.2) is 19.2 Å². The summed E-state index contributed by atoms with van der Waals surface area (Å²) in [6, 6.07) is 14.2. The predicted octanol–water partition coefficient (Wildman–Crippen LogP) is 3.11. The van der Waals surface area contributed by atoms with Crippen LogP contribution in [0.3, 0.4) is 0 Å². The molecule has 102 valence electrons. The second-order valence-electron chi connectivity index (χ2n) is 3.92. The molecule has 0 unspecified atom stereocenters. The lowest BCUT2D eigenvalue weighted by Gasteiger charge is -2.06. The molecule has 2 rings (SSSR count). The summed E-state index contributed by atoms with van der Waals surface area (Å²) in [6.07, 6.45) is 1.50. The van der Waals surface area contributed by atoms with E-state index in [0.717, 1.165) is 5.56 Å². The lowest BCUT2D eigenvalue weighted by molar-refractivity contribution is 0.0952. The van der Waals surface area contributed by atoms with Crippen LogP contribution in [0.1, 0.15) is 15.9 Å². The van der Waals surface area contributed by atoms with Gasteiger partial charge in [0.25, 0.3) is 5.91 Å². The monoisotopic (exact) mass is 288 g/mol. The molecule has 2 aromatic rings. The van der Waals surface area contributed by atoms with E-state index in [2.05, 4.69) is 10.5 Å². The predicted molar refractivity (Wildman–Crippen MR) is 79.5 cm³/mol. The summed E-state index contributed by atoms with van der Waals surface area (Å²) in [5.41, 5.74) is 3.59. The zero-order valence-corrected chi connectivity index (χ0v) is 11.6. The number of hydrogen-bond donors (Lipinski definition) is 1. The first kappa shape index (κ1) is 14.1. The summed E-state index contributed by atoms with van der Waals surface area (Å²) < 4.78 is 5.12. The number of halogens is 1. The third kappa shape index (κ3) is 3.36. The van der Waals surface area contributed by atoms with Gasteiger partial charge in [0.2, 0.25) is 0 Å². The van der Waals surface area contributed by atoms with E-state index in [4.69, 9.17) is 16.3 Å². The van der Waals surface area contributed by atoms with Gasteiger partial charge in [-0.15, -0.1) is 0 Å². The fourth-order valence-corrected chi connectivity index (χ4v) is 1.82. The number of rotatable bonds is 4. The van der Waals surface area contributed by atoms with Gasteiger partial charge in [-0.2, -0.15) is 5.10 Å². The number of carbonyl (C=O) groups is 1. The molecule has 1 N–H and O–H groups in total. The molecular formula is C15H13ClN2O2. The molecule has 0 saturated heterocycles. The Balaban J connectivity index is 2.07. The summed E-state index contributed by atoms with van der Waals surface area (Å²) >= 11 is 5.98. The van der Waals surface area contributed by atoms with Crippen LogP contribution in [0.5, 0.6) is 5.75 Å². The molecule has 0 atom stereocenters. The molecule has 5 heteroatoms. The van der Waals surface area contributed by atoms with Crippen LogP contribution in [-0.2, 0) is 0 Å². The molecule has 0 aliphatic rings. The SMILES string of the molecule is COc1ccccc1C(=O)NN=Cc1ccccc1Cl. The highest BCUT2D eigenvalue weighted by Crippen LogP contribution is 2.17. The number of benzene rings is 2. The molecule has 0 saturated carbocycles. The number of hydrazone groups is 1. The lowest BCUT2D eigenvalue weighted by Crippen LogP contribution is -2.18. The van der Waals surface area contributed by atoms with E-state index < -0.39 is 0 Å². The smallest absolute Gasteiger partial charge is 0.275 e. The highest BCUT2D eigenvalue weighted by Gasteiger charge is 2.09. The molecule has 0 spiro atoms. The average molecular weight is 289 g/mol. The average Bonchev–Trinajstić information content (AvgIpc) is 2.49. The Kier molecular flexibility index (Phi) is 4.74. The van der Waals surface area contributed by atoms with Crippen molar-refractivity contribution in [3.63, 3.8) is 0 Å². The first-order valence-corrected chi connectivity index (χ1v) is 6.31. The van der Waals surface area contributed by atoms with Crippen molar-refractivity contribution < 1.29 is 9.53 Å². The van der Waals surface area contributed by atoms with Crippen molar-refractivity contribution in [2.45, 2.75) is 0 Å². The number of nitrogens with zero attached hydrogens (tertiary/aromatic N) is 1. The molecule has 0 heterocycles. The van der Waals surface area contributed by atoms with Gasteiger partial charge in [0.15, 0.2) is 0 Å². The molecule has 0 bridgehead atoms. The van der Waals surface area contributed by atoms with E-state index >= 15 is 0 Å². The molecule has 0 aliphatic heterocycles. The second-order valence-corrected chi connectivity index (χ2v) is 4.33. The Bertz CT molecular complexity index is 641. The molecular weight excluding hydrogens is 276 g/mol. The minimum Gasteiger partial charge on any atom is -0.496 e. The summed E-state index contributed by atoms with van der Waals surface area (Å²) in [4.78, 5) is 12.0. The lowest BCUT2D eigenvalue weighted by atomic mass is 10.2. The van der Waals surface area contributed by atoms with Gasteiger partial charge < -0.3 is 4.74 Å². The fraction of sp³-hybridized carbons (Fsp3) is 0.0667. The number of ether oxygens (including phenoxy) is 1. The molecule has 0 radical (unpaired) electrons. The highest BCUT2D eigenvalue weighted by atomic mass is 35.5. The Labute approximate surface area is 122 Å². The van der Waals surface area contributed by atoms with Crippen LogP contribution in [0.4, 0.5) is 0 Å². The molecule has 2 aromatic carbocycles. The van der Waals surface area contributed by atoms with Crippen LogP contribution >= 0.6 is 11.6 Å². The fourth-order valence-electron chi connectivity index (χ4n) is 1.63. The van der Waals surface area contributed by atoms with E-state index in [1.165, 1.54) is 13.3 Å². The summed E-state index contributed by atoms with van der Waals surface area (Å²) in [5, 5.41) is 4.46. The van der Waals surface area contributed by atoms with Gasteiger partial charge in [0.05, 0.1) is 18.9 Å². The first-order valence-electron chi connectivity index (χ1n) is 5.93. The normalized spacial score (nSPS) is 10.5. The van der Waals surface area contributed by atoms with E-state index in [1.807, 2.05) is 12.1 Å². The minimum absolute atomic E-state index is 0.342. The van der Waals surface area contributed by atoms with Gasteiger partial charge in [-0.1, -0.05) is 41.9 Å². The standard InChI is InChI=1S/C15H13ClN2O2/c1-20-14-9-5-3-7-12(14)15(19)18-17-10-11-6-2-4-8-13(11)16/h2-10H,1H3,(H,18,19). The van der Waals surface area contributed by atoms with Crippen LogP contribution in [0.25, 0.3) is 0 Å². The molecule has 0 aliphatic carbocycles. The van der Waals surface area contributed by atoms with Crippen LogP contribution in [0.15, 0.2) is 53.6 Å². The molecule has 0 aromatic heterocycles. The molecule has 20 heavy (non-hydrogen) atoms. The second kappa shape index (κ2) is 6.73. The van der Waals surface area contributed by atoms with Crippen LogP contribution < -0.4 is 10.2 Å². The zero-order valence-electron chi connectivity index (χ0n) is 10.8. The topological polar surface area (TPSA) is 50.7 Å². The number of methoxy groups -OCH3 is 1. The van der Waals surface area contributed by atoms with E-state index in [1.54, 1.807) is 36.4 Å². The Morgan fingerprint density at radius 2 is 1.90 bits per heavy atom. The van der Waals surface area contributed by atoms with Crippen molar-refractivity contribution in [1.29, 1.82) is 0 Å². The maximum absolute atomic E-state index is 12.0. The van der Waals surface area contributed by atoms with Gasteiger partial charge in [0.1, 0.15) is 5.75 Å². The quantitative estimate of drug-likeness (QED) is 0.694. The van der Waals surface area contributed by atoms with Crippen molar-refractivity contribution >= 4 is 23.7 Å². The first-order chi connectivity index (χ1) is 9.72. The third-order valence-corrected chi connectivity index (χ3v) is 2.97. The van der Waals surface area contributed by atoms with Crippen molar-refractivity contribution in [2.24, 2.45) is 5.10 Å². The number of hydrogen-bond acceptors (Lipinski definition) is 3. The van der Waals surface area contributed by atoms with E-state index in [9.17, 15) is 4.79 Å². The Morgan fingerprint density at radius 1 is 1.20 bits per heavy atom. The third-order valence-electron chi connectivity index (χ3n) is 2.63. The molecule has 1 amide bonds. The van der Waals surface area contributed by atoms with Crippen molar-refractivity contribution in [2.75, 3.05) is 7.11 Å². The zero-order chi connectivity index (χ0) is 14.4. The van der Waals surface area contributed by atoms with Crippen LogP contribution in [0, 0.1) is 0 Å². The summed E-state index contributed by atoms with van der Waals surface area (Å²) in [5.74, 6) is 0.156. The minimum atomic E-state index is -0.342. The van der Waals surface area contributed by atoms with E-state index in [0.29, 0.717) is 16.3 Å². The maximum atomic E-state index is 12.0. The maximum Gasteiger partial charge on any atom is 0.275 e. The number of nitrogens with one attached hydrogen (secondary N) is 1. The van der Waals surface area contributed by atoms with Gasteiger partial charge in [0, 0.05) is 10.6 Å². The largest absolute Gasteiger partial charge is 0.496 e. The molecule has 0 fully saturated rings. The van der Waals surface area contributed by atoms with Crippen molar-refractivity contribution in [1.82, 2.24) is 5.43 Å². The number of para-hydroxylation sites is 1. The summed E-state index contributed by atoms with van der Waals surface area (Å²) in [6.45, 7) is 0. The highest BCUT2D eigenvalue weighted by molar-refractivity contribution is 6.33. The summed E-state index contributed by atoms with van der Waals surface area (Å²) in [7, 11) is 1.51. The van der Waals surface area contributed by atoms with E-state index in [-0.39, 0.29) is 5.91 Å². The Hall–Kier alpha value is -2.33. The Morgan fingerprint density at radius 3 is 2.65 bits per heavy atom. The number of amides is 1. The molecule has 4 nitrogen and oxygen atoms in total. The van der Waals surface area contributed by atoms with Crippen LogP contribution in [0.2, 0.25) is 5.02 Å². The van der Waals surface area contributed by atoms with Gasteiger partial charge in [-0.25, -0.2) is 5.43 Å².